The number of H-pyrrole nitrogens is 2. The zero-order valence-electron chi connectivity index (χ0n) is 19.2. The number of aromatic amines is 2. The Balaban J connectivity index is 1.22. The summed E-state index contributed by atoms with van der Waals surface area (Å²) in [5, 5.41) is 15.8. The number of hydrogen-bond donors (Lipinski definition) is 4. The van der Waals surface area contributed by atoms with E-state index in [-0.39, 0.29) is 5.91 Å². The van der Waals surface area contributed by atoms with Crippen LogP contribution in [0.4, 0.5) is 28.8 Å². The molecule has 0 radical (unpaired) electrons. The number of fused-ring (bicyclic) bond motifs is 2. The first-order chi connectivity index (χ1) is 17.1. The highest BCUT2D eigenvalue weighted by atomic mass is 16.2. The molecule has 176 valence electrons. The number of hydrogen-bond acceptors (Lipinski definition) is 7. The summed E-state index contributed by atoms with van der Waals surface area (Å²) >= 11 is 0. The van der Waals surface area contributed by atoms with Gasteiger partial charge in [0, 0.05) is 56.1 Å². The maximum atomic E-state index is 11.6. The van der Waals surface area contributed by atoms with Crippen LogP contribution in [0.2, 0.25) is 0 Å². The molecular weight excluding hydrogens is 442 g/mol. The Morgan fingerprint density at radius 2 is 1.77 bits per heavy atom. The smallest absolute Gasteiger partial charge is 0.231 e. The molecule has 1 aliphatic heterocycles. The lowest BCUT2D eigenvalue weighted by Crippen LogP contribution is -2.48. The van der Waals surface area contributed by atoms with Crippen molar-refractivity contribution in [3.05, 3.63) is 60.9 Å². The fourth-order valence-corrected chi connectivity index (χ4v) is 4.46. The topological polar surface area (TPSA) is 118 Å². The SMILES string of the molecule is CC(=O)N1CCN(c2ccc(Nc3nc(Nc4cccc5[nH]ncc45)c4cc[nH]c4n3)cc2)CC1. The van der Waals surface area contributed by atoms with Crippen LogP contribution in [0, 0.1) is 0 Å². The fraction of sp³-hybridized carbons (Fsp3) is 0.200. The van der Waals surface area contributed by atoms with Crippen LogP contribution in [0.25, 0.3) is 21.9 Å². The molecule has 1 amide bonds. The van der Waals surface area contributed by atoms with E-state index >= 15 is 0 Å². The minimum Gasteiger partial charge on any atom is -0.368 e. The Bertz CT molecular complexity index is 1500. The summed E-state index contributed by atoms with van der Waals surface area (Å²) in [5.74, 6) is 1.33. The van der Waals surface area contributed by atoms with Crippen LogP contribution in [-0.4, -0.2) is 62.1 Å². The molecular formula is C25H25N9O. The first kappa shape index (κ1) is 21.0. The highest BCUT2D eigenvalue weighted by molar-refractivity contribution is 5.97. The molecule has 1 fully saturated rings. The Kier molecular flexibility index (Phi) is 5.17. The summed E-state index contributed by atoms with van der Waals surface area (Å²) in [6, 6.07) is 16.1. The van der Waals surface area contributed by atoms with E-state index in [2.05, 4.69) is 47.8 Å². The molecule has 10 heteroatoms. The highest BCUT2D eigenvalue weighted by Gasteiger charge is 2.19. The fourth-order valence-electron chi connectivity index (χ4n) is 4.46. The van der Waals surface area contributed by atoms with Crippen LogP contribution >= 0.6 is 0 Å². The Hall–Kier alpha value is -4.60. The first-order valence-corrected chi connectivity index (χ1v) is 11.6. The van der Waals surface area contributed by atoms with Crippen molar-refractivity contribution in [3.8, 4) is 0 Å². The molecule has 0 spiro atoms. The zero-order valence-corrected chi connectivity index (χ0v) is 19.2. The Morgan fingerprint density at radius 3 is 2.57 bits per heavy atom. The maximum absolute atomic E-state index is 11.6. The van der Waals surface area contributed by atoms with Crippen LogP contribution in [0.1, 0.15) is 6.92 Å². The largest absolute Gasteiger partial charge is 0.368 e. The van der Waals surface area contributed by atoms with Crippen molar-refractivity contribution < 1.29 is 4.79 Å². The Labute approximate surface area is 201 Å². The number of benzene rings is 2. The summed E-state index contributed by atoms with van der Waals surface area (Å²) < 4.78 is 0. The van der Waals surface area contributed by atoms with Crippen LogP contribution in [0.3, 0.4) is 0 Å². The third kappa shape index (κ3) is 4.10. The van der Waals surface area contributed by atoms with Gasteiger partial charge in [-0.1, -0.05) is 6.07 Å². The number of carbonyl (C=O) groups excluding carboxylic acids is 1. The van der Waals surface area contributed by atoms with Gasteiger partial charge in [-0.05, 0) is 42.5 Å². The lowest BCUT2D eigenvalue weighted by atomic mass is 10.2. The van der Waals surface area contributed by atoms with Crippen LogP contribution in [0.15, 0.2) is 60.9 Å². The van der Waals surface area contributed by atoms with E-state index < -0.39 is 0 Å². The number of rotatable bonds is 5. The number of nitrogens with one attached hydrogen (secondary N) is 4. The van der Waals surface area contributed by atoms with E-state index in [0.717, 1.165) is 65.2 Å². The third-order valence-electron chi connectivity index (χ3n) is 6.37. The minimum atomic E-state index is 0.138. The molecule has 1 aliphatic rings. The molecule has 5 aromatic rings. The van der Waals surface area contributed by atoms with Gasteiger partial charge in [0.05, 0.1) is 22.8 Å². The lowest BCUT2D eigenvalue weighted by molar-refractivity contribution is -0.129. The quantitative estimate of drug-likeness (QED) is 0.309. The molecule has 35 heavy (non-hydrogen) atoms. The second kappa shape index (κ2) is 8.64. The number of carbonyl (C=O) groups is 1. The van der Waals surface area contributed by atoms with E-state index in [9.17, 15) is 4.79 Å². The number of piperazine rings is 1. The van der Waals surface area contributed by atoms with E-state index in [0.29, 0.717) is 11.8 Å². The molecule has 0 saturated carbocycles. The van der Waals surface area contributed by atoms with E-state index in [1.807, 2.05) is 47.5 Å². The summed E-state index contributed by atoms with van der Waals surface area (Å²) in [5.41, 5.74) is 4.64. The van der Waals surface area contributed by atoms with Crippen molar-refractivity contribution in [2.24, 2.45) is 0 Å². The van der Waals surface area contributed by atoms with Gasteiger partial charge in [0.25, 0.3) is 0 Å². The van der Waals surface area contributed by atoms with Gasteiger partial charge in [-0.2, -0.15) is 15.1 Å². The van der Waals surface area contributed by atoms with Crippen molar-refractivity contribution in [2.45, 2.75) is 6.92 Å². The van der Waals surface area contributed by atoms with E-state index in [4.69, 9.17) is 4.98 Å². The molecule has 0 aliphatic carbocycles. The van der Waals surface area contributed by atoms with Gasteiger partial charge in [-0.15, -0.1) is 0 Å². The lowest BCUT2D eigenvalue weighted by Gasteiger charge is -2.35. The number of anilines is 5. The van der Waals surface area contributed by atoms with Crippen molar-refractivity contribution >= 4 is 56.7 Å². The second-order valence-electron chi connectivity index (χ2n) is 8.56. The van der Waals surface area contributed by atoms with Gasteiger partial charge in [0.2, 0.25) is 11.9 Å². The van der Waals surface area contributed by atoms with Crippen molar-refractivity contribution in [1.82, 2.24) is 30.0 Å². The van der Waals surface area contributed by atoms with Crippen molar-refractivity contribution in [2.75, 3.05) is 41.7 Å². The van der Waals surface area contributed by atoms with Crippen molar-refractivity contribution in [3.63, 3.8) is 0 Å². The average molecular weight is 468 g/mol. The maximum Gasteiger partial charge on any atom is 0.231 e. The second-order valence-corrected chi connectivity index (χ2v) is 8.56. The molecule has 6 rings (SSSR count). The van der Waals surface area contributed by atoms with Crippen LogP contribution in [-0.2, 0) is 4.79 Å². The van der Waals surface area contributed by atoms with Crippen molar-refractivity contribution in [1.29, 1.82) is 0 Å². The molecule has 0 bridgehead atoms. The highest BCUT2D eigenvalue weighted by Crippen LogP contribution is 2.29. The molecule has 1 saturated heterocycles. The van der Waals surface area contributed by atoms with Gasteiger partial charge in [-0.25, -0.2) is 0 Å². The standard InChI is InChI=1S/C25H25N9O/c1-16(35)33-11-13-34(14-12-33)18-7-5-17(6-8-18)28-25-30-23-19(9-10-26-23)24(31-25)29-21-3-2-4-22-20(21)15-27-32-22/h2-10,15H,11-14H2,1H3,(H,27,32)(H3,26,28,29,30,31). The van der Waals surface area contributed by atoms with Gasteiger partial charge in [0.15, 0.2) is 0 Å². The van der Waals surface area contributed by atoms with Gasteiger partial charge >= 0.3 is 0 Å². The van der Waals surface area contributed by atoms with Gasteiger partial charge in [-0.3, -0.25) is 9.89 Å². The molecule has 10 nitrogen and oxygen atoms in total. The third-order valence-corrected chi connectivity index (χ3v) is 6.37. The number of amides is 1. The first-order valence-electron chi connectivity index (χ1n) is 11.6. The molecule has 3 aromatic heterocycles. The molecule has 0 atom stereocenters. The number of aromatic nitrogens is 5. The van der Waals surface area contributed by atoms with Crippen LogP contribution < -0.4 is 15.5 Å². The Morgan fingerprint density at radius 1 is 0.943 bits per heavy atom. The molecule has 0 unspecified atom stereocenters. The zero-order chi connectivity index (χ0) is 23.8. The van der Waals surface area contributed by atoms with E-state index in [1.165, 1.54) is 0 Å². The normalized spacial score (nSPS) is 14.0. The summed E-state index contributed by atoms with van der Waals surface area (Å²) in [6.07, 6.45) is 3.65. The average Bonchev–Trinajstić information content (AvgIpc) is 3.55. The molecule has 2 aromatic carbocycles. The van der Waals surface area contributed by atoms with Gasteiger partial charge < -0.3 is 25.4 Å². The van der Waals surface area contributed by atoms with Gasteiger partial charge in [0.1, 0.15) is 11.5 Å². The predicted octanol–water partition coefficient (Wildman–Crippen LogP) is 3.99. The predicted molar refractivity (Wildman–Crippen MR) is 137 cm³/mol. The molecule has 4 N–H and O–H groups in total. The number of nitrogens with zero attached hydrogens (tertiary/aromatic N) is 5. The summed E-state index contributed by atoms with van der Waals surface area (Å²) in [4.78, 5) is 28.3. The van der Waals surface area contributed by atoms with E-state index in [1.54, 1.807) is 13.1 Å². The monoisotopic (exact) mass is 467 g/mol. The minimum absolute atomic E-state index is 0.138. The van der Waals surface area contributed by atoms with Crippen LogP contribution in [0.5, 0.6) is 0 Å². The summed E-state index contributed by atoms with van der Waals surface area (Å²) in [7, 11) is 0. The molecule has 4 heterocycles. The summed E-state index contributed by atoms with van der Waals surface area (Å²) in [6.45, 7) is 4.79.